The maximum atomic E-state index is 12.9. The molecule has 10 heteroatoms. The van der Waals surface area contributed by atoms with Crippen LogP contribution in [0.25, 0.3) is 11.5 Å². The molecular weight excluding hydrogens is 440 g/mol. The van der Waals surface area contributed by atoms with Crippen LogP contribution in [0.15, 0.2) is 57.8 Å². The molecule has 4 rings (SSSR count). The van der Waals surface area contributed by atoms with E-state index in [9.17, 15) is 13.2 Å². The summed E-state index contributed by atoms with van der Waals surface area (Å²) in [7, 11) is -3.59. The summed E-state index contributed by atoms with van der Waals surface area (Å²) in [6.07, 6.45) is 2.73. The van der Waals surface area contributed by atoms with Crippen molar-refractivity contribution < 1.29 is 17.6 Å². The molecule has 1 saturated heterocycles. The summed E-state index contributed by atoms with van der Waals surface area (Å²) in [4.78, 5) is 12.7. The number of piperidine rings is 1. The normalized spacial score (nSPS) is 17.4. The van der Waals surface area contributed by atoms with Crippen molar-refractivity contribution in [2.45, 2.75) is 37.1 Å². The lowest BCUT2D eigenvalue weighted by molar-refractivity contribution is 0.102. The molecule has 162 valence electrons. The summed E-state index contributed by atoms with van der Waals surface area (Å²) >= 11 is 5.87. The number of hydrogen-bond donors (Lipinski definition) is 1. The van der Waals surface area contributed by atoms with Crippen LogP contribution in [-0.2, 0) is 10.0 Å². The van der Waals surface area contributed by atoms with Crippen molar-refractivity contribution in [1.29, 1.82) is 0 Å². The summed E-state index contributed by atoms with van der Waals surface area (Å²) < 4.78 is 32.8. The number of anilines is 1. The van der Waals surface area contributed by atoms with Gasteiger partial charge in [0.05, 0.1) is 4.90 Å². The Morgan fingerprint density at radius 1 is 1.10 bits per heavy atom. The molecule has 0 saturated carbocycles. The molecule has 1 aromatic heterocycles. The zero-order valence-corrected chi connectivity index (χ0v) is 18.4. The third kappa shape index (κ3) is 4.63. The Morgan fingerprint density at radius 2 is 1.81 bits per heavy atom. The van der Waals surface area contributed by atoms with Gasteiger partial charge < -0.3 is 4.42 Å². The summed E-state index contributed by atoms with van der Waals surface area (Å²) in [5, 5.41) is 10.8. The lowest BCUT2D eigenvalue weighted by atomic mass is 10.1. The van der Waals surface area contributed by atoms with Gasteiger partial charge in [0.1, 0.15) is 0 Å². The fourth-order valence-electron chi connectivity index (χ4n) is 3.49. The van der Waals surface area contributed by atoms with Crippen LogP contribution in [-0.4, -0.2) is 41.4 Å². The minimum Gasteiger partial charge on any atom is -0.403 e. The van der Waals surface area contributed by atoms with Crippen molar-refractivity contribution in [3.05, 3.63) is 59.1 Å². The first kappa shape index (κ1) is 21.5. The van der Waals surface area contributed by atoms with Crippen molar-refractivity contribution in [2.24, 2.45) is 0 Å². The zero-order chi connectivity index (χ0) is 22.0. The minimum absolute atomic E-state index is 0.0333. The van der Waals surface area contributed by atoms with Gasteiger partial charge in [-0.3, -0.25) is 10.1 Å². The van der Waals surface area contributed by atoms with Gasteiger partial charge in [0, 0.05) is 28.7 Å². The molecule has 0 radical (unpaired) electrons. The highest BCUT2D eigenvalue weighted by Gasteiger charge is 2.31. The molecular formula is C21H21ClN4O4S. The number of nitrogens with one attached hydrogen (secondary N) is 1. The molecule has 1 atom stereocenters. The molecule has 31 heavy (non-hydrogen) atoms. The van der Waals surface area contributed by atoms with E-state index >= 15 is 0 Å². The Morgan fingerprint density at radius 3 is 2.48 bits per heavy atom. The van der Waals surface area contributed by atoms with E-state index < -0.39 is 15.9 Å². The van der Waals surface area contributed by atoms with Crippen LogP contribution in [0.4, 0.5) is 6.01 Å². The van der Waals surface area contributed by atoms with Crippen molar-refractivity contribution in [1.82, 2.24) is 14.5 Å². The van der Waals surface area contributed by atoms with Crippen molar-refractivity contribution in [3.63, 3.8) is 0 Å². The molecule has 0 bridgehead atoms. The summed E-state index contributed by atoms with van der Waals surface area (Å²) in [5.74, 6) is -0.245. The van der Waals surface area contributed by atoms with Gasteiger partial charge in [-0.15, -0.1) is 5.10 Å². The summed E-state index contributed by atoms with van der Waals surface area (Å²) in [6.45, 7) is 2.43. The molecule has 1 fully saturated rings. The molecule has 3 aromatic rings. The average molecular weight is 461 g/mol. The van der Waals surface area contributed by atoms with Gasteiger partial charge in [-0.05, 0) is 68.3 Å². The SMILES string of the molecule is C[C@H]1CCCCN1S(=O)(=O)c1ccc(C(=O)Nc2nnc(-c3ccc(Cl)cc3)o2)cc1. The van der Waals surface area contributed by atoms with E-state index in [2.05, 4.69) is 15.5 Å². The lowest BCUT2D eigenvalue weighted by Gasteiger charge is -2.32. The highest BCUT2D eigenvalue weighted by Crippen LogP contribution is 2.26. The van der Waals surface area contributed by atoms with E-state index in [1.165, 1.54) is 28.6 Å². The molecule has 1 aliphatic rings. The van der Waals surface area contributed by atoms with Gasteiger partial charge in [0.25, 0.3) is 5.91 Å². The number of hydrogen-bond acceptors (Lipinski definition) is 6. The first-order valence-electron chi connectivity index (χ1n) is 9.87. The van der Waals surface area contributed by atoms with Gasteiger partial charge in [-0.25, -0.2) is 8.42 Å². The molecule has 1 aliphatic heterocycles. The number of amides is 1. The van der Waals surface area contributed by atoms with Crippen LogP contribution in [0.2, 0.25) is 5.02 Å². The van der Waals surface area contributed by atoms with E-state index in [1.54, 1.807) is 24.3 Å². The molecule has 0 aliphatic carbocycles. The van der Waals surface area contributed by atoms with Crippen LogP contribution in [0.5, 0.6) is 0 Å². The average Bonchev–Trinajstić information content (AvgIpc) is 3.23. The predicted octanol–water partition coefficient (Wildman–Crippen LogP) is 4.21. The standard InChI is InChI=1S/C21H21ClN4O4S/c1-14-4-2-3-13-26(14)31(28,29)18-11-7-15(8-12-18)19(27)23-21-25-24-20(30-21)16-5-9-17(22)10-6-16/h5-12,14H,2-4,13H2,1H3,(H,23,25,27)/t14-/m0/s1. The number of halogens is 1. The van der Waals surface area contributed by atoms with Gasteiger partial charge in [-0.2, -0.15) is 4.31 Å². The van der Waals surface area contributed by atoms with Crippen LogP contribution in [0.1, 0.15) is 36.5 Å². The number of benzene rings is 2. The van der Waals surface area contributed by atoms with Gasteiger partial charge in [0.15, 0.2) is 0 Å². The van der Waals surface area contributed by atoms with Crippen LogP contribution in [0.3, 0.4) is 0 Å². The van der Waals surface area contributed by atoms with Crippen molar-refractivity contribution in [3.8, 4) is 11.5 Å². The third-order valence-corrected chi connectivity index (χ3v) is 7.48. The van der Waals surface area contributed by atoms with E-state index in [0.29, 0.717) is 17.1 Å². The Balaban J connectivity index is 1.46. The second-order valence-electron chi connectivity index (χ2n) is 7.36. The Kier molecular flexibility index (Phi) is 6.08. The van der Waals surface area contributed by atoms with E-state index in [4.69, 9.17) is 16.0 Å². The number of nitrogens with zero attached hydrogens (tertiary/aromatic N) is 3. The second-order valence-corrected chi connectivity index (χ2v) is 9.69. The van der Waals surface area contributed by atoms with E-state index in [1.807, 2.05) is 6.92 Å². The molecule has 2 heterocycles. The van der Waals surface area contributed by atoms with Crippen molar-refractivity contribution >= 4 is 33.5 Å². The molecule has 2 aromatic carbocycles. The topological polar surface area (TPSA) is 105 Å². The quantitative estimate of drug-likeness (QED) is 0.611. The number of sulfonamides is 1. The molecule has 1 N–H and O–H groups in total. The van der Waals surface area contributed by atoms with Gasteiger partial charge in [-0.1, -0.05) is 23.1 Å². The smallest absolute Gasteiger partial charge is 0.322 e. The number of carbonyl (C=O) groups is 1. The molecule has 8 nitrogen and oxygen atoms in total. The van der Waals surface area contributed by atoms with Crippen LogP contribution < -0.4 is 5.32 Å². The molecule has 0 spiro atoms. The summed E-state index contributed by atoms with van der Waals surface area (Å²) in [6, 6.07) is 12.6. The maximum absolute atomic E-state index is 12.9. The van der Waals surface area contributed by atoms with Gasteiger partial charge in [0.2, 0.25) is 15.9 Å². The Bertz CT molecular complexity index is 1180. The van der Waals surface area contributed by atoms with E-state index in [0.717, 1.165) is 19.3 Å². The number of rotatable bonds is 5. The third-order valence-electron chi connectivity index (χ3n) is 5.20. The first-order valence-corrected chi connectivity index (χ1v) is 11.7. The zero-order valence-electron chi connectivity index (χ0n) is 16.8. The second kappa shape index (κ2) is 8.78. The van der Waals surface area contributed by atoms with Crippen LogP contribution in [0, 0.1) is 0 Å². The number of aromatic nitrogens is 2. The highest BCUT2D eigenvalue weighted by molar-refractivity contribution is 7.89. The van der Waals surface area contributed by atoms with Crippen LogP contribution >= 0.6 is 11.6 Å². The minimum atomic E-state index is -3.59. The molecule has 1 amide bonds. The maximum Gasteiger partial charge on any atom is 0.322 e. The first-order chi connectivity index (χ1) is 14.8. The largest absolute Gasteiger partial charge is 0.403 e. The highest BCUT2D eigenvalue weighted by atomic mass is 35.5. The fraction of sp³-hybridized carbons (Fsp3) is 0.286. The Labute approximate surface area is 185 Å². The lowest BCUT2D eigenvalue weighted by Crippen LogP contribution is -2.41. The summed E-state index contributed by atoms with van der Waals surface area (Å²) in [5.41, 5.74) is 0.941. The van der Waals surface area contributed by atoms with Crippen molar-refractivity contribution in [2.75, 3.05) is 11.9 Å². The van der Waals surface area contributed by atoms with Gasteiger partial charge >= 0.3 is 6.01 Å². The molecule has 0 unspecified atom stereocenters. The monoisotopic (exact) mass is 460 g/mol. The Hall–Kier alpha value is -2.75. The number of carbonyl (C=O) groups excluding carboxylic acids is 1. The van der Waals surface area contributed by atoms with E-state index in [-0.39, 0.29) is 28.4 Å². The predicted molar refractivity (Wildman–Crippen MR) is 116 cm³/mol. The fourth-order valence-corrected chi connectivity index (χ4v) is 5.32.